The first-order valence-electron chi connectivity index (χ1n) is 13.5. The van der Waals surface area contributed by atoms with Crippen molar-refractivity contribution in [2.75, 3.05) is 26.7 Å². The molecule has 0 aliphatic rings. The summed E-state index contributed by atoms with van der Waals surface area (Å²) in [6.45, 7) is 14.5. The normalized spacial score (nSPS) is 15.4. The molecule has 1 unspecified atom stereocenters. The van der Waals surface area contributed by atoms with Gasteiger partial charge in [-0.05, 0) is 99.3 Å². The Labute approximate surface area is 212 Å². The molecule has 0 amide bonds. The topological polar surface area (TPSA) is 43.3 Å². The first-order chi connectivity index (χ1) is 16.1. The molecule has 34 heavy (non-hydrogen) atoms. The maximum Gasteiger partial charge on any atom is 0.0804 e. The number of allylic oxidation sites excluding steroid dienone is 10. The molecule has 3 nitrogen and oxygen atoms in total. The van der Waals surface area contributed by atoms with Gasteiger partial charge in [-0.1, -0.05) is 58.2 Å². The van der Waals surface area contributed by atoms with Crippen LogP contribution in [-0.2, 0) is 0 Å². The van der Waals surface area contributed by atoms with Crippen LogP contribution in [-0.4, -0.2) is 36.5 Å². The third-order valence-corrected chi connectivity index (χ3v) is 6.30. The molecule has 0 bridgehead atoms. The molecule has 0 aromatic heterocycles. The summed E-state index contributed by atoms with van der Waals surface area (Å²) < 4.78 is -0.240. The third kappa shape index (κ3) is 21.1. The summed E-state index contributed by atoms with van der Waals surface area (Å²) in [6.07, 6.45) is 23.5. The Kier molecular flexibility index (Phi) is 19.0. The zero-order chi connectivity index (χ0) is 25.8. The van der Waals surface area contributed by atoms with E-state index in [1.807, 2.05) is 0 Å². The lowest BCUT2D eigenvalue weighted by Gasteiger charge is -2.38. The predicted molar refractivity (Wildman–Crippen MR) is 152 cm³/mol. The molecule has 0 aromatic rings. The van der Waals surface area contributed by atoms with Gasteiger partial charge in [0.2, 0.25) is 0 Å². The summed E-state index contributed by atoms with van der Waals surface area (Å²) in [7, 11) is 1.71. The van der Waals surface area contributed by atoms with E-state index < -0.39 is 0 Å². The Morgan fingerprint density at radius 3 is 1.41 bits per heavy atom. The van der Waals surface area contributed by atoms with E-state index in [0.717, 1.165) is 51.4 Å². The van der Waals surface area contributed by atoms with Crippen LogP contribution in [0.25, 0.3) is 0 Å². The monoisotopic (exact) mass is 473 g/mol. The zero-order valence-corrected chi connectivity index (χ0v) is 23.6. The SMILES string of the molecule is CC(C)=CCC/C(C)=C/CC/C(C)=C/CC/C=C(\C)CC/C=C(\C)CCC[N+](C)([O-])CCCO. The number of hydrogen-bond acceptors (Lipinski definition) is 2. The summed E-state index contributed by atoms with van der Waals surface area (Å²) >= 11 is 0. The molecule has 0 saturated carbocycles. The van der Waals surface area contributed by atoms with E-state index in [2.05, 4.69) is 71.9 Å². The largest absolute Gasteiger partial charge is 0.633 e. The van der Waals surface area contributed by atoms with Crippen LogP contribution in [0.4, 0.5) is 0 Å². The van der Waals surface area contributed by atoms with E-state index in [1.165, 1.54) is 40.7 Å². The van der Waals surface area contributed by atoms with E-state index in [1.54, 1.807) is 7.05 Å². The van der Waals surface area contributed by atoms with Gasteiger partial charge >= 0.3 is 0 Å². The number of unbranched alkanes of at least 4 members (excludes halogenated alkanes) is 1. The molecule has 1 atom stereocenters. The van der Waals surface area contributed by atoms with Crippen LogP contribution in [0.15, 0.2) is 58.2 Å². The molecule has 0 aliphatic heterocycles. The highest BCUT2D eigenvalue weighted by Crippen LogP contribution is 2.15. The van der Waals surface area contributed by atoms with Gasteiger partial charge in [0.05, 0.1) is 20.1 Å². The molecule has 0 radical (unpaired) electrons. The van der Waals surface area contributed by atoms with Crippen LogP contribution in [0, 0.1) is 5.21 Å². The molecule has 0 aromatic carbocycles. The fraction of sp³-hybridized carbons (Fsp3) is 0.677. The Morgan fingerprint density at radius 1 is 0.588 bits per heavy atom. The molecule has 0 heterocycles. The van der Waals surface area contributed by atoms with Crippen LogP contribution in [0.3, 0.4) is 0 Å². The number of quaternary nitrogens is 1. The average Bonchev–Trinajstić information content (AvgIpc) is 2.75. The molecule has 0 spiro atoms. The van der Waals surface area contributed by atoms with E-state index in [-0.39, 0.29) is 11.3 Å². The van der Waals surface area contributed by atoms with Gasteiger partial charge < -0.3 is 15.0 Å². The maximum atomic E-state index is 12.2. The molecule has 0 saturated heterocycles. The number of nitrogens with zero attached hydrogens (tertiary/aromatic N) is 1. The van der Waals surface area contributed by atoms with Crippen molar-refractivity contribution in [2.24, 2.45) is 0 Å². The minimum atomic E-state index is -0.240. The van der Waals surface area contributed by atoms with Gasteiger partial charge in [-0.25, -0.2) is 0 Å². The predicted octanol–water partition coefficient (Wildman–Crippen LogP) is 8.97. The first kappa shape index (κ1) is 32.6. The van der Waals surface area contributed by atoms with E-state index in [0.29, 0.717) is 19.5 Å². The maximum absolute atomic E-state index is 12.2. The third-order valence-electron chi connectivity index (χ3n) is 6.30. The summed E-state index contributed by atoms with van der Waals surface area (Å²) in [5.74, 6) is 0. The molecule has 0 aliphatic carbocycles. The van der Waals surface area contributed by atoms with Gasteiger partial charge in [0.15, 0.2) is 0 Å². The lowest BCUT2D eigenvalue weighted by atomic mass is 10.0. The standard InChI is InChI=1S/C31H55NO2/c1-27(2)15-10-18-30(5)21-11-19-28(3)16-8-9-17-29(4)20-12-22-31(6)23-13-24-32(7,34)25-14-26-33/h15-17,21-22,33H,8-14,18-20,23-26H2,1-7H3/b28-16+,29-17+,30-21+,31-22+. The summed E-state index contributed by atoms with van der Waals surface area (Å²) in [4.78, 5) is 0. The minimum absolute atomic E-state index is 0.104. The van der Waals surface area contributed by atoms with Gasteiger partial charge in [-0.2, -0.15) is 0 Å². The van der Waals surface area contributed by atoms with Gasteiger partial charge in [-0.3, -0.25) is 0 Å². The van der Waals surface area contributed by atoms with Gasteiger partial charge in [-0.15, -0.1) is 0 Å². The second-order valence-electron chi connectivity index (χ2n) is 10.6. The lowest BCUT2D eigenvalue weighted by Crippen LogP contribution is -2.39. The molecular formula is C31H55NO2. The number of hydrogen-bond donors (Lipinski definition) is 1. The van der Waals surface area contributed by atoms with Crippen molar-refractivity contribution >= 4 is 0 Å². The van der Waals surface area contributed by atoms with Crippen molar-refractivity contribution in [3.05, 3.63) is 63.5 Å². The summed E-state index contributed by atoms with van der Waals surface area (Å²) in [5.41, 5.74) is 7.27. The zero-order valence-electron chi connectivity index (χ0n) is 23.6. The smallest absolute Gasteiger partial charge is 0.0804 e. The average molecular weight is 474 g/mol. The first-order valence-corrected chi connectivity index (χ1v) is 13.5. The number of hydroxylamine groups is 3. The highest BCUT2D eigenvalue weighted by Gasteiger charge is 2.08. The Hall–Kier alpha value is -1.42. The highest BCUT2D eigenvalue weighted by atomic mass is 16.5. The van der Waals surface area contributed by atoms with Crippen molar-refractivity contribution in [2.45, 2.75) is 112 Å². The fourth-order valence-corrected chi connectivity index (χ4v) is 3.96. The molecule has 1 N–H and O–H groups in total. The summed E-state index contributed by atoms with van der Waals surface area (Å²) in [6, 6.07) is 0. The molecule has 0 rings (SSSR count). The van der Waals surface area contributed by atoms with Crippen molar-refractivity contribution in [3.8, 4) is 0 Å². The van der Waals surface area contributed by atoms with Crippen molar-refractivity contribution in [1.29, 1.82) is 0 Å². The number of aliphatic hydroxyl groups excluding tert-OH is 1. The Balaban J connectivity index is 4.08. The molecular weight excluding hydrogens is 418 g/mol. The number of rotatable bonds is 19. The number of aliphatic hydroxyl groups is 1. The Morgan fingerprint density at radius 2 is 0.971 bits per heavy atom. The summed E-state index contributed by atoms with van der Waals surface area (Å²) in [5, 5.41) is 21.1. The molecule has 196 valence electrons. The lowest BCUT2D eigenvalue weighted by molar-refractivity contribution is -0.861. The van der Waals surface area contributed by atoms with Crippen LogP contribution in [0.1, 0.15) is 112 Å². The second-order valence-corrected chi connectivity index (χ2v) is 10.6. The quantitative estimate of drug-likeness (QED) is 0.0880. The van der Waals surface area contributed by atoms with Crippen LogP contribution < -0.4 is 0 Å². The highest BCUT2D eigenvalue weighted by molar-refractivity contribution is 5.07. The van der Waals surface area contributed by atoms with Crippen molar-refractivity contribution in [3.63, 3.8) is 0 Å². The van der Waals surface area contributed by atoms with Crippen LogP contribution >= 0.6 is 0 Å². The Bertz CT molecular complexity index is 688. The van der Waals surface area contributed by atoms with Crippen LogP contribution in [0.2, 0.25) is 0 Å². The van der Waals surface area contributed by atoms with E-state index >= 15 is 0 Å². The van der Waals surface area contributed by atoms with E-state index in [4.69, 9.17) is 5.11 Å². The van der Waals surface area contributed by atoms with Crippen LogP contribution in [0.5, 0.6) is 0 Å². The second kappa shape index (κ2) is 19.8. The van der Waals surface area contributed by atoms with Crippen molar-refractivity contribution < 1.29 is 9.75 Å². The van der Waals surface area contributed by atoms with Gasteiger partial charge in [0.1, 0.15) is 0 Å². The van der Waals surface area contributed by atoms with Gasteiger partial charge in [0, 0.05) is 19.4 Å². The van der Waals surface area contributed by atoms with E-state index in [9.17, 15) is 5.21 Å². The molecule has 3 heteroatoms. The van der Waals surface area contributed by atoms with Gasteiger partial charge in [0.25, 0.3) is 0 Å². The van der Waals surface area contributed by atoms with Crippen molar-refractivity contribution in [1.82, 2.24) is 0 Å². The molecule has 0 fully saturated rings. The minimum Gasteiger partial charge on any atom is -0.633 e. The fourth-order valence-electron chi connectivity index (χ4n) is 3.96.